The third-order valence-corrected chi connectivity index (χ3v) is 0.236. The molecule has 0 saturated carbocycles. The van der Waals surface area contributed by atoms with Crippen LogP contribution in [0.3, 0.4) is 0 Å². The Hall–Kier alpha value is 0.675. The molecule has 1 aliphatic heterocycles. The van der Waals surface area contributed by atoms with Crippen LogP contribution in [0.2, 0.25) is 0 Å². The molecule has 0 N–H and O–H groups in total. The predicted molar refractivity (Wildman–Crippen MR) is 22.0 cm³/mol. The van der Waals surface area contributed by atoms with Crippen LogP contribution in [-0.2, 0) is 0 Å². The van der Waals surface area contributed by atoms with Crippen LogP contribution in [0.4, 0.5) is 0 Å². The van der Waals surface area contributed by atoms with Crippen molar-refractivity contribution in [3.8, 4) is 0 Å². The summed E-state index contributed by atoms with van der Waals surface area (Å²) >= 11 is 0. The summed E-state index contributed by atoms with van der Waals surface area (Å²) in [5.41, 5.74) is 0. The summed E-state index contributed by atoms with van der Waals surface area (Å²) in [4.78, 5) is 0. The summed E-state index contributed by atoms with van der Waals surface area (Å²) in [6, 6.07) is 0. The molecule has 0 saturated heterocycles. The molecule has 0 amide bonds. The summed E-state index contributed by atoms with van der Waals surface area (Å²) in [5, 5.41) is 0. The molecule has 0 aromatic carbocycles. The van der Waals surface area contributed by atoms with Crippen molar-refractivity contribution in [2.75, 3.05) is 0 Å². The van der Waals surface area contributed by atoms with Gasteiger partial charge >= 0.3 is 0 Å². The van der Waals surface area contributed by atoms with Crippen molar-refractivity contribution in [1.82, 2.24) is 0 Å². The number of hydrogen-bond acceptors (Lipinski definition) is 0. The van der Waals surface area contributed by atoms with Crippen LogP contribution in [0.5, 0.6) is 0 Å². The molecular weight excluding hydrogens is 150 g/mol. The molecule has 4 heavy (non-hydrogen) atoms. The first-order valence-electron chi connectivity index (χ1n) is 1.15. The summed E-state index contributed by atoms with van der Waals surface area (Å²) in [6.45, 7) is 0. The molecule has 17 valence electrons. The van der Waals surface area contributed by atoms with Gasteiger partial charge in [-0.3, -0.25) is 0 Å². The Morgan fingerprint density at radius 1 is 1.25 bits per heavy atom. The molecule has 0 atom stereocenters. The average Bonchev–Trinajstić information content (AvgIpc) is 1.46. The summed E-state index contributed by atoms with van der Waals surface area (Å²) < 4.78 is 0. The zero-order chi connectivity index (χ0) is 2.12. The van der Waals surface area contributed by atoms with Crippen LogP contribution in [0.1, 0.15) is 0 Å². The van der Waals surface area contributed by atoms with Crippen LogP contribution in [0, 0.1) is 0 Å². The third kappa shape index (κ3) is 2.68. The largest absolute Gasteiger partial charge is 0.170 e. The Labute approximate surface area is 45.3 Å². The Morgan fingerprint density at radius 2 is 1.50 bits per heavy atom. The summed E-state index contributed by atoms with van der Waals surface area (Å²) in [6.07, 6.45) is 0. The van der Waals surface area contributed by atoms with Crippen molar-refractivity contribution in [3.63, 3.8) is 0 Å². The second-order valence-electron chi connectivity index (χ2n) is 0.707. The molecule has 0 aliphatic carbocycles. The molecule has 1 heterocycles. The van der Waals surface area contributed by atoms with Gasteiger partial charge in [-0.1, -0.05) is 0 Å². The van der Waals surface area contributed by atoms with Gasteiger partial charge in [0, 0.05) is 25.8 Å². The van der Waals surface area contributed by atoms with Crippen molar-refractivity contribution >= 4 is 33.1 Å². The van der Waals surface area contributed by atoms with Crippen LogP contribution in [0.15, 0.2) is 12.0 Å². The van der Waals surface area contributed by atoms with Crippen molar-refractivity contribution in [2.45, 2.75) is 0 Å². The first-order chi connectivity index (χ1) is 1.50. The van der Waals surface area contributed by atoms with Crippen molar-refractivity contribution in [1.29, 1.82) is 0 Å². The molecular formula is C2H3BIn. The normalized spacial score (nSPS) is 12.0. The molecule has 0 unspecified atom stereocenters. The fourth-order valence-corrected chi connectivity index (χ4v) is 0. The molecule has 0 nitrogen and oxygen atoms in total. The van der Waals surface area contributed by atoms with Gasteiger partial charge in [0.2, 0.25) is 0 Å². The van der Waals surface area contributed by atoms with Crippen molar-refractivity contribution in [3.05, 3.63) is 12.0 Å². The van der Waals surface area contributed by atoms with E-state index in [2.05, 4.69) is 12.0 Å². The second-order valence-corrected chi connectivity index (χ2v) is 0.707. The van der Waals surface area contributed by atoms with E-state index in [1.54, 1.807) is 0 Å². The molecule has 0 aromatic heterocycles. The maximum atomic E-state index is 2.12. The van der Waals surface area contributed by atoms with Crippen LogP contribution >= 0.6 is 0 Å². The van der Waals surface area contributed by atoms with E-state index in [-0.39, 0.29) is 25.8 Å². The van der Waals surface area contributed by atoms with E-state index in [1.165, 1.54) is 7.28 Å². The van der Waals surface area contributed by atoms with Gasteiger partial charge in [-0.15, -0.1) is 12.0 Å². The number of hydrogen-bond donors (Lipinski definition) is 0. The van der Waals surface area contributed by atoms with Crippen molar-refractivity contribution in [2.24, 2.45) is 0 Å². The van der Waals surface area contributed by atoms with Gasteiger partial charge in [0.05, 0.1) is 0 Å². The molecule has 2 heteroatoms. The minimum Gasteiger partial charge on any atom is -0.127 e. The van der Waals surface area contributed by atoms with Gasteiger partial charge in [0.1, 0.15) is 0 Å². The maximum Gasteiger partial charge on any atom is 0.170 e. The van der Waals surface area contributed by atoms with E-state index in [0.29, 0.717) is 0 Å². The summed E-state index contributed by atoms with van der Waals surface area (Å²) in [5.74, 6) is 4.25. The average molecular weight is 153 g/mol. The topological polar surface area (TPSA) is 0 Å². The van der Waals surface area contributed by atoms with E-state index in [4.69, 9.17) is 0 Å². The zero-order valence-corrected chi connectivity index (χ0v) is 5.73. The Bertz CT molecular complexity index is 29.0. The molecule has 0 bridgehead atoms. The van der Waals surface area contributed by atoms with Gasteiger partial charge in [-0.25, -0.2) is 0 Å². The van der Waals surface area contributed by atoms with E-state index < -0.39 is 0 Å². The molecule has 3 radical (unpaired) electrons. The van der Waals surface area contributed by atoms with Gasteiger partial charge in [0.25, 0.3) is 0 Å². The minimum atomic E-state index is 0. The van der Waals surface area contributed by atoms with E-state index in [0.717, 1.165) is 0 Å². The first kappa shape index (κ1) is 4.68. The Balaban J connectivity index is 0.0000000900. The van der Waals surface area contributed by atoms with Gasteiger partial charge in [0.15, 0.2) is 7.28 Å². The molecule has 0 aromatic rings. The molecule has 1 rings (SSSR count). The van der Waals surface area contributed by atoms with E-state index >= 15 is 0 Å². The Kier molecular flexibility index (Phi) is 2.28. The van der Waals surface area contributed by atoms with Gasteiger partial charge in [-0.2, -0.15) is 0 Å². The zero-order valence-electron chi connectivity index (χ0n) is 2.44. The molecule has 1 aliphatic rings. The summed E-state index contributed by atoms with van der Waals surface area (Å²) in [7, 11) is 1.25. The van der Waals surface area contributed by atoms with Crippen molar-refractivity contribution < 1.29 is 0 Å². The quantitative estimate of drug-likeness (QED) is 0.412. The third-order valence-electron chi connectivity index (χ3n) is 0.236. The molecule has 0 fully saturated rings. The van der Waals surface area contributed by atoms with Crippen LogP contribution in [0.25, 0.3) is 0 Å². The van der Waals surface area contributed by atoms with E-state index in [9.17, 15) is 0 Å². The smallest absolute Gasteiger partial charge is 0.127 e. The number of rotatable bonds is 0. The maximum absolute atomic E-state index is 2.12. The first-order valence-corrected chi connectivity index (χ1v) is 1.15. The van der Waals surface area contributed by atoms with E-state index in [1.807, 2.05) is 0 Å². The SMILES string of the molecule is B1C=C1.[In]. The monoisotopic (exact) mass is 153 g/mol. The fourth-order valence-electron chi connectivity index (χ4n) is 0. The van der Waals surface area contributed by atoms with Gasteiger partial charge in [-0.05, 0) is 0 Å². The Morgan fingerprint density at radius 3 is 1.50 bits per heavy atom. The minimum absolute atomic E-state index is 0. The second kappa shape index (κ2) is 1.95. The van der Waals surface area contributed by atoms with Crippen LogP contribution < -0.4 is 0 Å². The van der Waals surface area contributed by atoms with Crippen LogP contribution in [-0.4, -0.2) is 33.1 Å². The molecule has 0 spiro atoms. The fraction of sp³-hybridized carbons (Fsp3) is 0. The van der Waals surface area contributed by atoms with Gasteiger partial charge < -0.3 is 0 Å². The standard InChI is InChI=1S/C2H3B.In/c1-2-3-1;/h1-3H;. The predicted octanol–water partition coefficient (Wildman–Crippen LogP) is -0.473.